The monoisotopic (exact) mass is 463 g/mol. The molecule has 0 amide bonds. The highest BCUT2D eigenvalue weighted by molar-refractivity contribution is 5.73. The number of hydrogen-bond donors (Lipinski definition) is 0. The largest absolute Gasteiger partial charge is 0.403 e. The van der Waals surface area contributed by atoms with E-state index in [1.807, 2.05) is 66.0 Å². The van der Waals surface area contributed by atoms with E-state index in [-0.39, 0.29) is 0 Å². The lowest BCUT2D eigenvalue weighted by Crippen LogP contribution is -2.17. The van der Waals surface area contributed by atoms with E-state index >= 15 is 0 Å². The Balaban J connectivity index is 1.38. The van der Waals surface area contributed by atoms with Gasteiger partial charge in [0.25, 0.3) is 0 Å². The third kappa shape index (κ3) is 3.81. The van der Waals surface area contributed by atoms with E-state index in [1.54, 1.807) is 20.0 Å². The molecule has 0 spiro atoms. The SMILES string of the molecule is Cc1cc(-c2c(C)nn(C(F)F)c2C)ccc1-c1nnc(N(C)Cc2ccc3nccn3c2)o1. The van der Waals surface area contributed by atoms with Crippen molar-refractivity contribution in [1.82, 2.24) is 29.4 Å². The second kappa shape index (κ2) is 8.36. The van der Waals surface area contributed by atoms with Crippen LogP contribution in [0.4, 0.5) is 14.8 Å². The second-order valence-corrected chi connectivity index (χ2v) is 8.27. The van der Waals surface area contributed by atoms with Crippen LogP contribution in [0.5, 0.6) is 0 Å². The van der Waals surface area contributed by atoms with Crippen molar-refractivity contribution in [2.75, 3.05) is 11.9 Å². The highest BCUT2D eigenvalue weighted by Crippen LogP contribution is 2.33. The van der Waals surface area contributed by atoms with Gasteiger partial charge in [-0.3, -0.25) is 0 Å². The lowest BCUT2D eigenvalue weighted by Gasteiger charge is -2.14. The minimum atomic E-state index is -2.68. The summed E-state index contributed by atoms with van der Waals surface area (Å²) in [6, 6.07) is 10.0. The standard InChI is InChI=1S/C24H23F2N7O/c1-14-11-18(21-15(2)30-33(16(21)3)23(25)26)6-7-19(14)22-28-29-24(34-22)31(4)12-17-5-8-20-27-9-10-32(20)13-17/h5-11,13,23H,12H2,1-4H3. The molecule has 5 aromatic rings. The van der Waals surface area contributed by atoms with Crippen LogP contribution in [0, 0.1) is 20.8 Å². The van der Waals surface area contributed by atoms with Crippen molar-refractivity contribution in [3.63, 3.8) is 0 Å². The molecular formula is C24H23F2N7O. The Morgan fingerprint density at radius 3 is 2.65 bits per heavy atom. The van der Waals surface area contributed by atoms with Crippen molar-refractivity contribution in [1.29, 1.82) is 0 Å². The predicted octanol–water partition coefficient (Wildman–Crippen LogP) is 5.20. The highest BCUT2D eigenvalue weighted by atomic mass is 19.3. The molecule has 0 aliphatic rings. The molecular weight excluding hydrogens is 440 g/mol. The Kier molecular flexibility index (Phi) is 5.35. The van der Waals surface area contributed by atoms with Gasteiger partial charge in [-0.25, -0.2) is 9.67 Å². The van der Waals surface area contributed by atoms with Crippen LogP contribution in [0.3, 0.4) is 0 Å². The van der Waals surface area contributed by atoms with Gasteiger partial charge in [0.15, 0.2) is 0 Å². The van der Waals surface area contributed by atoms with Crippen LogP contribution in [-0.4, -0.2) is 36.4 Å². The molecule has 0 N–H and O–H groups in total. The molecule has 0 aliphatic heterocycles. The van der Waals surface area contributed by atoms with Gasteiger partial charge < -0.3 is 13.7 Å². The number of pyridine rings is 1. The number of rotatable bonds is 6. The number of imidazole rings is 1. The summed E-state index contributed by atoms with van der Waals surface area (Å²) in [5.74, 6) is 0.396. The minimum Gasteiger partial charge on any atom is -0.403 e. The summed E-state index contributed by atoms with van der Waals surface area (Å²) in [5, 5.41) is 12.4. The van der Waals surface area contributed by atoms with Gasteiger partial charge >= 0.3 is 12.6 Å². The lowest BCUT2D eigenvalue weighted by molar-refractivity contribution is 0.0542. The number of benzene rings is 1. The van der Waals surface area contributed by atoms with Crippen molar-refractivity contribution < 1.29 is 13.2 Å². The van der Waals surface area contributed by atoms with Gasteiger partial charge in [0.05, 0.1) is 5.69 Å². The smallest absolute Gasteiger partial charge is 0.333 e. The summed E-state index contributed by atoms with van der Waals surface area (Å²) >= 11 is 0. The van der Waals surface area contributed by atoms with E-state index in [0.29, 0.717) is 35.4 Å². The molecule has 0 atom stereocenters. The quantitative estimate of drug-likeness (QED) is 0.344. The predicted molar refractivity (Wildman–Crippen MR) is 124 cm³/mol. The van der Waals surface area contributed by atoms with Crippen LogP contribution in [-0.2, 0) is 6.54 Å². The number of halogens is 2. The minimum absolute atomic E-state index is 0.396. The fraction of sp³-hybridized carbons (Fsp3) is 0.250. The highest BCUT2D eigenvalue weighted by Gasteiger charge is 2.20. The zero-order chi connectivity index (χ0) is 24.0. The first-order valence-corrected chi connectivity index (χ1v) is 10.7. The average Bonchev–Trinajstić information content (AvgIpc) is 3.52. The molecule has 0 fully saturated rings. The van der Waals surface area contributed by atoms with Gasteiger partial charge in [-0.1, -0.05) is 23.3 Å². The van der Waals surface area contributed by atoms with Crippen LogP contribution >= 0.6 is 0 Å². The molecule has 0 unspecified atom stereocenters. The van der Waals surface area contributed by atoms with Crippen LogP contribution in [0.2, 0.25) is 0 Å². The normalized spacial score (nSPS) is 11.6. The van der Waals surface area contributed by atoms with E-state index in [0.717, 1.165) is 32.6 Å². The van der Waals surface area contributed by atoms with E-state index < -0.39 is 6.55 Å². The molecule has 0 saturated heterocycles. The van der Waals surface area contributed by atoms with Crippen molar-refractivity contribution in [2.45, 2.75) is 33.9 Å². The third-order valence-corrected chi connectivity index (χ3v) is 5.87. The lowest BCUT2D eigenvalue weighted by atomic mass is 9.98. The summed E-state index contributed by atoms with van der Waals surface area (Å²) in [5.41, 5.74) is 6.14. The Labute approximate surface area is 194 Å². The topological polar surface area (TPSA) is 77.3 Å². The first-order valence-electron chi connectivity index (χ1n) is 10.7. The van der Waals surface area contributed by atoms with E-state index in [9.17, 15) is 8.78 Å². The Morgan fingerprint density at radius 2 is 1.91 bits per heavy atom. The van der Waals surface area contributed by atoms with Crippen LogP contribution in [0.1, 0.15) is 29.1 Å². The number of fused-ring (bicyclic) bond motifs is 1. The molecule has 34 heavy (non-hydrogen) atoms. The summed E-state index contributed by atoms with van der Waals surface area (Å²) in [4.78, 5) is 6.14. The average molecular weight is 463 g/mol. The number of alkyl halides is 2. The summed E-state index contributed by atoms with van der Waals surface area (Å²) in [6.07, 6.45) is 5.67. The van der Waals surface area contributed by atoms with Crippen LogP contribution in [0.15, 0.2) is 53.3 Å². The molecule has 5 rings (SSSR count). The molecule has 8 nitrogen and oxygen atoms in total. The van der Waals surface area contributed by atoms with E-state index in [4.69, 9.17) is 4.42 Å². The van der Waals surface area contributed by atoms with Gasteiger partial charge in [0.1, 0.15) is 5.65 Å². The Bertz CT molecular complexity index is 1480. The number of aryl methyl sites for hydroxylation is 2. The van der Waals surface area contributed by atoms with E-state index in [2.05, 4.69) is 20.3 Å². The first kappa shape index (κ1) is 21.7. The number of hydrogen-bond acceptors (Lipinski definition) is 6. The molecule has 4 heterocycles. The fourth-order valence-electron chi connectivity index (χ4n) is 4.21. The number of aromatic nitrogens is 6. The summed E-state index contributed by atoms with van der Waals surface area (Å²) in [6.45, 7) is 3.21. The van der Waals surface area contributed by atoms with Gasteiger partial charge in [0.2, 0.25) is 5.89 Å². The molecule has 10 heteroatoms. The van der Waals surface area contributed by atoms with Gasteiger partial charge in [-0.15, -0.1) is 5.10 Å². The molecule has 0 radical (unpaired) electrons. The maximum absolute atomic E-state index is 13.2. The second-order valence-electron chi connectivity index (χ2n) is 8.27. The first-order chi connectivity index (χ1) is 16.3. The molecule has 4 aromatic heterocycles. The Hall–Kier alpha value is -4.08. The molecule has 0 bridgehead atoms. The van der Waals surface area contributed by atoms with Crippen LogP contribution < -0.4 is 4.90 Å². The van der Waals surface area contributed by atoms with Gasteiger partial charge in [-0.05, 0) is 49.6 Å². The zero-order valence-electron chi connectivity index (χ0n) is 19.2. The maximum Gasteiger partial charge on any atom is 0.333 e. The van der Waals surface area contributed by atoms with Crippen molar-refractivity contribution >= 4 is 11.7 Å². The molecule has 0 aliphatic carbocycles. The van der Waals surface area contributed by atoms with Gasteiger partial charge in [-0.2, -0.15) is 13.9 Å². The van der Waals surface area contributed by atoms with Crippen molar-refractivity contribution in [3.8, 4) is 22.6 Å². The molecule has 1 aromatic carbocycles. The van der Waals surface area contributed by atoms with E-state index in [1.165, 1.54) is 0 Å². The number of anilines is 1. The summed E-state index contributed by atoms with van der Waals surface area (Å²) < 4.78 is 35.1. The number of nitrogens with zero attached hydrogens (tertiary/aromatic N) is 7. The van der Waals surface area contributed by atoms with Crippen molar-refractivity contribution in [3.05, 3.63) is 71.4 Å². The summed E-state index contributed by atoms with van der Waals surface area (Å²) in [7, 11) is 1.89. The van der Waals surface area contributed by atoms with Crippen LogP contribution in [0.25, 0.3) is 28.2 Å². The maximum atomic E-state index is 13.2. The Morgan fingerprint density at radius 1 is 1.09 bits per heavy atom. The van der Waals surface area contributed by atoms with Gasteiger partial charge in [0, 0.05) is 49.0 Å². The molecule has 174 valence electrons. The third-order valence-electron chi connectivity index (χ3n) is 5.87. The zero-order valence-corrected chi connectivity index (χ0v) is 19.2. The van der Waals surface area contributed by atoms with Crippen molar-refractivity contribution in [2.24, 2.45) is 0 Å². The fourth-order valence-corrected chi connectivity index (χ4v) is 4.21. The molecule has 0 saturated carbocycles.